The number of nitrogens with zero attached hydrogens (tertiary/aromatic N) is 1. The fraction of sp³-hybridized carbons (Fsp3) is 0. The Morgan fingerprint density at radius 1 is 0.913 bits per heavy atom. The minimum atomic E-state index is -0.282. The summed E-state index contributed by atoms with van der Waals surface area (Å²) in [6.07, 6.45) is 1.47. The molecule has 114 valence electrons. The first-order valence-electron chi connectivity index (χ1n) is 6.84. The van der Waals surface area contributed by atoms with Crippen LogP contribution in [0.1, 0.15) is 15.9 Å². The molecule has 0 aliphatic carbocycles. The van der Waals surface area contributed by atoms with E-state index in [9.17, 15) is 15.0 Å². The second kappa shape index (κ2) is 6.10. The van der Waals surface area contributed by atoms with Crippen molar-refractivity contribution < 1.29 is 15.0 Å². The van der Waals surface area contributed by atoms with Crippen molar-refractivity contribution in [3.63, 3.8) is 0 Å². The number of halogens is 1. The molecule has 0 aliphatic heterocycles. The van der Waals surface area contributed by atoms with Crippen LogP contribution in [0.15, 0.2) is 60.8 Å². The van der Waals surface area contributed by atoms with Gasteiger partial charge in [-0.05, 0) is 29.8 Å². The van der Waals surface area contributed by atoms with Gasteiger partial charge in [-0.15, -0.1) is 0 Å². The van der Waals surface area contributed by atoms with Gasteiger partial charge in [0.15, 0.2) is 5.78 Å². The molecule has 5 heteroatoms. The third-order valence-corrected chi connectivity index (χ3v) is 3.62. The predicted molar refractivity (Wildman–Crippen MR) is 87.9 cm³/mol. The van der Waals surface area contributed by atoms with Crippen LogP contribution in [0, 0.1) is 0 Å². The van der Waals surface area contributed by atoms with Gasteiger partial charge in [-0.1, -0.05) is 41.9 Å². The summed E-state index contributed by atoms with van der Waals surface area (Å²) in [5, 5.41) is 20.7. The number of phenols is 2. The first kappa shape index (κ1) is 15.1. The molecule has 0 saturated heterocycles. The first-order valence-corrected chi connectivity index (χ1v) is 7.21. The number of benzene rings is 2. The molecule has 1 heterocycles. The maximum atomic E-state index is 12.4. The third-order valence-electron chi connectivity index (χ3n) is 3.41. The van der Waals surface area contributed by atoms with Crippen molar-refractivity contribution in [3.05, 3.63) is 77.1 Å². The maximum absolute atomic E-state index is 12.4. The van der Waals surface area contributed by atoms with E-state index < -0.39 is 0 Å². The van der Waals surface area contributed by atoms with Gasteiger partial charge >= 0.3 is 0 Å². The van der Waals surface area contributed by atoms with E-state index >= 15 is 0 Å². The van der Waals surface area contributed by atoms with Crippen LogP contribution in [-0.4, -0.2) is 21.0 Å². The maximum Gasteiger partial charge on any atom is 0.193 e. The van der Waals surface area contributed by atoms with Crippen LogP contribution in [0.4, 0.5) is 0 Å². The van der Waals surface area contributed by atoms with Crippen molar-refractivity contribution in [2.75, 3.05) is 0 Å². The van der Waals surface area contributed by atoms with Crippen molar-refractivity contribution >= 4 is 17.4 Å². The van der Waals surface area contributed by atoms with E-state index in [2.05, 4.69) is 4.98 Å². The highest BCUT2D eigenvalue weighted by atomic mass is 35.5. The molecule has 2 aromatic carbocycles. The number of carbonyl (C=O) groups is 1. The Kier molecular flexibility index (Phi) is 4.00. The van der Waals surface area contributed by atoms with E-state index in [0.717, 1.165) is 0 Å². The summed E-state index contributed by atoms with van der Waals surface area (Å²) in [7, 11) is 0. The minimum Gasteiger partial charge on any atom is -0.507 e. The third kappa shape index (κ3) is 3.03. The van der Waals surface area contributed by atoms with Gasteiger partial charge in [-0.3, -0.25) is 4.79 Å². The van der Waals surface area contributed by atoms with Gasteiger partial charge < -0.3 is 10.2 Å². The van der Waals surface area contributed by atoms with Gasteiger partial charge in [0.05, 0.1) is 5.56 Å². The van der Waals surface area contributed by atoms with E-state index in [1.165, 1.54) is 24.4 Å². The zero-order valence-corrected chi connectivity index (χ0v) is 12.7. The van der Waals surface area contributed by atoms with Crippen LogP contribution in [-0.2, 0) is 0 Å². The van der Waals surface area contributed by atoms with E-state index in [0.29, 0.717) is 11.1 Å². The van der Waals surface area contributed by atoms with Gasteiger partial charge in [0, 0.05) is 17.3 Å². The Morgan fingerprint density at radius 3 is 2.17 bits per heavy atom. The Hall–Kier alpha value is -2.85. The highest BCUT2D eigenvalue weighted by Gasteiger charge is 2.17. The summed E-state index contributed by atoms with van der Waals surface area (Å²) in [4.78, 5) is 16.3. The molecule has 4 nitrogen and oxygen atoms in total. The molecular formula is C18H12ClNO3. The summed E-state index contributed by atoms with van der Waals surface area (Å²) >= 11 is 5.83. The largest absolute Gasteiger partial charge is 0.507 e. The van der Waals surface area contributed by atoms with Crippen molar-refractivity contribution in [1.82, 2.24) is 4.98 Å². The van der Waals surface area contributed by atoms with E-state index in [1.807, 2.05) is 6.07 Å². The Bertz CT molecular complexity index is 855. The summed E-state index contributed by atoms with van der Waals surface area (Å²) in [5.41, 5.74) is 1.40. The number of carbonyl (C=O) groups excluding carboxylic acids is 1. The fourth-order valence-corrected chi connectivity index (χ4v) is 2.53. The number of rotatable bonds is 3. The average molecular weight is 326 g/mol. The average Bonchev–Trinajstić information content (AvgIpc) is 2.54. The highest BCUT2D eigenvalue weighted by molar-refractivity contribution is 6.29. The molecule has 0 saturated carbocycles. The molecule has 3 rings (SSSR count). The second-order valence-electron chi connectivity index (χ2n) is 4.95. The van der Waals surface area contributed by atoms with Gasteiger partial charge in [-0.2, -0.15) is 0 Å². The molecule has 23 heavy (non-hydrogen) atoms. The summed E-state index contributed by atoms with van der Waals surface area (Å²) in [6.45, 7) is 0. The second-order valence-corrected chi connectivity index (χ2v) is 5.34. The van der Waals surface area contributed by atoms with Crippen LogP contribution in [0.5, 0.6) is 11.5 Å². The molecule has 0 radical (unpaired) electrons. The molecule has 0 unspecified atom stereocenters. The van der Waals surface area contributed by atoms with Crippen LogP contribution in [0.25, 0.3) is 11.1 Å². The molecule has 0 spiro atoms. The van der Waals surface area contributed by atoms with Crippen LogP contribution in [0.2, 0.25) is 5.15 Å². The molecule has 0 bridgehead atoms. The zero-order valence-electron chi connectivity index (χ0n) is 11.9. The number of aromatic hydroxyl groups is 2. The van der Waals surface area contributed by atoms with Crippen molar-refractivity contribution in [2.24, 2.45) is 0 Å². The summed E-state index contributed by atoms with van der Waals surface area (Å²) in [6, 6.07) is 14.5. The fourth-order valence-electron chi connectivity index (χ4n) is 2.35. The van der Waals surface area contributed by atoms with Gasteiger partial charge in [-0.25, -0.2) is 4.98 Å². The molecule has 2 N–H and O–H groups in total. The number of ketones is 1. The number of aromatic nitrogens is 1. The summed E-state index contributed by atoms with van der Waals surface area (Å²) in [5.74, 6) is -0.686. The lowest BCUT2D eigenvalue weighted by Crippen LogP contribution is -2.01. The molecule has 3 aromatic rings. The van der Waals surface area contributed by atoms with Gasteiger partial charge in [0.25, 0.3) is 0 Å². The Morgan fingerprint density at radius 2 is 1.57 bits per heavy atom. The van der Waals surface area contributed by atoms with E-state index in [1.54, 1.807) is 30.3 Å². The predicted octanol–water partition coefficient (Wildman–Crippen LogP) is 4.04. The first-order chi connectivity index (χ1) is 11.1. The summed E-state index contributed by atoms with van der Waals surface area (Å²) < 4.78 is 0. The van der Waals surface area contributed by atoms with Crippen LogP contribution >= 0.6 is 11.6 Å². The molecule has 0 aliphatic rings. The lowest BCUT2D eigenvalue weighted by Gasteiger charge is -2.10. The van der Waals surface area contributed by atoms with Gasteiger partial charge in [0.2, 0.25) is 0 Å². The molecular weight excluding hydrogens is 314 g/mol. The normalized spacial score (nSPS) is 10.5. The number of hydrogen-bond donors (Lipinski definition) is 2. The van der Waals surface area contributed by atoms with Crippen molar-refractivity contribution in [1.29, 1.82) is 0 Å². The van der Waals surface area contributed by atoms with E-state index in [4.69, 9.17) is 11.6 Å². The molecule has 0 amide bonds. The number of phenolic OH excluding ortho intramolecular Hbond substituents is 2. The monoisotopic (exact) mass is 325 g/mol. The standard InChI is InChI=1S/C18H12ClNO3/c19-16-10-12(6-7-20-16)17-14(21)8-13(9-15(17)22)18(23)11-4-2-1-3-5-11/h1-10,21-22H. The van der Waals surface area contributed by atoms with Gasteiger partial charge in [0.1, 0.15) is 16.7 Å². The Labute approximate surface area is 137 Å². The molecule has 0 fully saturated rings. The molecule has 1 aromatic heterocycles. The topological polar surface area (TPSA) is 70.4 Å². The zero-order chi connectivity index (χ0) is 16.4. The SMILES string of the molecule is O=C(c1ccccc1)c1cc(O)c(-c2ccnc(Cl)c2)c(O)c1. The number of pyridine rings is 1. The Balaban J connectivity index is 2.06. The lowest BCUT2D eigenvalue weighted by atomic mass is 9.98. The smallest absolute Gasteiger partial charge is 0.193 e. The van der Waals surface area contributed by atoms with Crippen molar-refractivity contribution in [2.45, 2.75) is 0 Å². The van der Waals surface area contributed by atoms with E-state index in [-0.39, 0.29) is 33.6 Å². The molecule has 0 atom stereocenters. The lowest BCUT2D eigenvalue weighted by molar-refractivity contribution is 0.103. The number of hydrogen-bond acceptors (Lipinski definition) is 4. The minimum absolute atomic E-state index is 0.202. The van der Waals surface area contributed by atoms with Crippen molar-refractivity contribution in [3.8, 4) is 22.6 Å². The highest BCUT2D eigenvalue weighted by Crippen LogP contribution is 2.39. The van der Waals surface area contributed by atoms with Crippen LogP contribution < -0.4 is 0 Å². The van der Waals surface area contributed by atoms with Crippen LogP contribution in [0.3, 0.4) is 0 Å². The quantitative estimate of drug-likeness (QED) is 0.563.